The average Bonchev–Trinajstić information content (AvgIpc) is 2.77. The summed E-state index contributed by atoms with van der Waals surface area (Å²) in [7, 11) is 0. The van der Waals surface area contributed by atoms with Gasteiger partial charge in [-0.05, 0) is 13.3 Å². The minimum atomic E-state index is -0.550. The van der Waals surface area contributed by atoms with Crippen LogP contribution in [-0.4, -0.2) is 22.0 Å². The minimum absolute atomic E-state index is 0.0441. The molecule has 0 aromatic carbocycles. The summed E-state index contributed by atoms with van der Waals surface area (Å²) in [4.78, 5) is 15.5. The lowest BCUT2D eigenvalue weighted by Gasteiger charge is -2.13. The lowest BCUT2D eigenvalue weighted by Crippen LogP contribution is -2.31. The van der Waals surface area contributed by atoms with Crippen LogP contribution in [0.4, 0.5) is 0 Å². The summed E-state index contributed by atoms with van der Waals surface area (Å²) in [5, 5.41) is 20.4. The molecule has 1 heterocycles. The van der Waals surface area contributed by atoms with Gasteiger partial charge < -0.3 is 9.88 Å². The molecule has 0 spiro atoms. The maximum Gasteiger partial charge on any atom is 0.242 e. The van der Waals surface area contributed by atoms with Crippen LogP contribution in [0.2, 0.25) is 0 Å². The highest BCUT2D eigenvalue weighted by molar-refractivity contribution is 5.80. The number of rotatable bonds is 4. The molecule has 0 bridgehead atoms. The van der Waals surface area contributed by atoms with E-state index in [1.165, 1.54) is 10.9 Å². The molecule has 6 heteroatoms. The standard InChI is InChI=1S/C11H13N5O/c1-3-4-14-11(17)8(2)16-7-15-9(5-12)10(16)6-13/h7-8H,3-4H2,1-2H3,(H,14,17). The Labute approximate surface area is 99.5 Å². The second-order valence-electron chi connectivity index (χ2n) is 3.54. The lowest BCUT2D eigenvalue weighted by atomic mass is 10.2. The van der Waals surface area contributed by atoms with Gasteiger partial charge >= 0.3 is 0 Å². The van der Waals surface area contributed by atoms with E-state index < -0.39 is 6.04 Å². The summed E-state index contributed by atoms with van der Waals surface area (Å²) in [6.07, 6.45) is 2.18. The maximum absolute atomic E-state index is 11.7. The van der Waals surface area contributed by atoms with E-state index in [-0.39, 0.29) is 17.3 Å². The molecule has 17 heavy (non-hydrogen) atoms. The van der Waals surface area contributed by atoms with Crippen LogP contribution < -0.4 is 5.32 Å². The van der Waals surface area contributed by atoms with Gasteiger partial charge in [-0.3, -0.25) is 4.79 Å². The quantitative estimate of drug-likeness (QED) is 0.825. The number of imidazole rings is 1. The molecular weight excluding hydrogens is 218 g/mol. The Morgan fingerprint density at radius 2 is 2.29 bits per heavy atom. The smallest absolute Gasteiger partial charge is 0.242 e. The van der Waals surface area contributed by atoms with E-state index in [2.05, 4.69) is 10.3 Å². The molecule has 1 amide bonds. The van der Waals surface area contributed by atoms with Crippen molar-refractivity contribution < 1.29 is 4.79 Å². The fourth-order valence-electron chi connectivity index (χ4n) is 1.37. The lowest BCUT2D eigenvalue weighted by molar-refractivity contribution is -0.123. The Morgan fingerprint density at radius 1 is 1.59 bits per heavy atom. The third-order valence-electron chi connectivity index (χ3n) is 2.35. The zero-order valence-corrected chi connectivity index (χ0v) is 9.77. The van der Waals surface area contributed by atoms with E-state index >= 15 is 0 Å². The van der Waals surface area contributed by atoms with Gasteiger partial charge in [0.2, 0.25) is 5.91 Å². The van der Waals surface area contributed by atoms with Crippen LogP contribution in [0.25, 0.3) is 0 Å². The molecule has 0 fully saturated rings. The zero-order chi connectivity index (χ0) is 12.8. The van der Waals surface area contributed by atoms with Crippen LogP contribution in [0.1, 0.15) is 37.7 Å². The summed E-state index contributed by atoms with van der Waals surface area (Å²) in [5.74, 6) is -0.190. The molecule has 0 radical (unpaired) electrons. The van der Waals surface area contributed by atoms with Gasteiger partial charge in [-0.1, -0.05) is 6.92 Å². The number of amides is 1. The topological polar surface area (TPSA) is 94.5 Å². The number of nitrogens with one attached hydrogen (secondary N) is 1. The van der Waals surface area contributed by atoms with Gasteiger partial charge in [-0.15, -0.1) is 0 Å². The predicted octanol–water partition coefficient (Wildman–Crippen LogP) is 0.714. The van der Waals surface area contributed by atoms with Crippen molar-refractivity contribution in [3.63, 3.8) is 0 Å². The van der Waals surface area contributed by atoms with Crippen molar-refractivity contribution in [3.05, 3.63) is 17.7 Å². The zero-order valence-electron chi connectivity index (χ0n) is 9.77. The Kier molecular flexibility index (Phi) is 4.24. The van der Waals surface area contributed by atoms with Crippen molar-refractivity contribution in [1.82, 2.24) is 14.9 Å². The molecular formula is C11H13N5O. The monoisotopic (exact) mass is 231 g/mol. The first kappa shape index (κ1) is 12.7. The highest BCUT2D eigenvalue weighted by Gasteiger charge is 2.19. The number of aromatic nitrogens is 2. The van der Waals surface area contributed by atoms with Crippen LogP contribution >= 0.6 is 0 Å². The molecule has 0 saturated heterocycles. The number of carbonyl (C=O) groups is 1. The first-order valence-corrected chi connectivity index (χ1v) is 5.30. The van der Waals surface area contributed by atoms with E-state index in [1.807, 2.05) is 19.1 Å². The fourth-order valence-corrected chi connectivity index (χ4v) is 1.37. The highest BCUT2D eigenvalue weighted by Crippen LogP contribution is 2.12. The average molecular weight is 231 g/mol. The predicted molar refractivity (Wildman–Crippen MR) is 59.7 cm³/mol. The molecule has 1 aromatic rings. The molecule has 1 aromatic heterocycles. The number of nitriles is 2. The first-order chi connectivity index (χ1) is 8.15. The van der Waals surface area contributed by atoms with Gasteiger partial charge in [0.1, 0.15) is 18.2 Å². The maximum atomic E-state index is 11.7. The highest BCUT2D eigenvalue weighted by atomic mass is 16.2. The van der Waals surface area contributed by atoms with Crippen molar-refractivity contribution in [1.29, 1.82) is 10.5 Å². The van der Waals surface area contributed by atoms with Crippen molar-refractivity contribution in [3.8, 4) is 12.1 Å². The molecule has 88 valence electrons. The van der Waals surface area contributed by atoms with Gasteiger partial charge in [0.15, 0.2) is 11.4 Å². The fraction of sp³-hybridized carbons (Fsp3) is 0.455. The number of carbonyl (C=O) groups excluding carboxylic acids is 1. The summed E-state index contributed by atoms with van der Waals surface area (Å²) in [6, 6.07) is 3.15. The van der Waals surface area contributed by atoms with E-state index in [4.69, 9.17) is 10.5 Å². The Hall–Kier alpha value is -2.34. The van der Waals surface area contributed by atoms with Crippen LogP contribution in [0.15, 0.2) is 6.33 Å². The van der Waals surface area contributed by atoms with E-state index in [0.29, 0.717) is 6.54 Å². The molecule has 1 atom stereocenters. The van der Waals surface area contributed by atoms with Gasteiger partial charge in [-0.2, -0.15) is 10.5 Å². The second-order valence-corrected chi connectivity index (χ2v) is 3.54. The Balaban J connectivity index is 2.94. The number of hydrogen-bond donors (Lipinski definition) is 1. The molecule has 1 rings (SSSR count). The molecule has 0 aliphatic rings. The SMILES string of the molecule is CCCNC(=O)C(C)n1cnc(C#N)c1C#N. The second kappa shape index (κ2) is 5.66. The molecule has 6 nitrogen and oxygen atoms in total. The molecule has 0 saturated carbocycles. The first-order valence-electron chi connectivity index (χ1n) is 5.30. The van der Waals surface area contributed by atoms with Crippen molar-refractivity contribution in [2.75, 3.05) is 6.54 Å². The third kappa shape index (κ3) is 2.61. The Morgan fingerprint density at radius 3 is 2.82 bits per heavy atom. The Bertz CT molecular complexity index is 491. The van der Waals surface area contributed by atoms with Crippen LogP contribution in [0.5, 0.6) is 0 Å². The molecule has 0 aliphatic carbocycles. The minimum Gasteiger partial charge on any atom is -0.354 e. The summed E-state index contributed by atoms with van der Waals surface area (Å²) in [5.41, 5.74) is 0.161. The van der Waals surface area contributed by atoms with Gasteiger partial charge in [0.05, 0.1) is 6.33 Å². The number of nitrogens with zero attached hydrogens (tertiary/aromatic N) is 4. The third-order valence-corrected chi connectivity index (χ3v) is 2.35. The van der Waals surface area contributed by atoms with E-state index in [9.17, 15) is 4.79 Å². The number of hydrogen-bond acceptors (Lipinski definition) is 4. The van der Waals surface area contributed by atoms with Gasteiger partial charge in [0.25, 0.3) is 0 Å². The molecule has 1 N–H and O–H groups in total. The van der Waals surface area contributed by atoms with E-state index in [1.54, 1.807) is 6.92 Å². The molecule has 0 aliphatic heterocycles. The summed E-state index contributed by atoms with van der Waals surface area (Å²) in [6.45, 7) is 4.20. The summed E-state index contributed by atoms with van der Waals surface area (Å²) >= 11 is 0. The summed E-state index contributed by atoms with van der Waals surface area (Å²) < 4.78 is 1.41. The van der Waals surface area contributed by atoms with Crippen molar-refractivity contribution in [2.24, 2.45) is 0 Å². The van der Waals surface area contributed by atoms with Gasteiger partial charge in [-0.25, -0.2) is 4.98 Å². The van der Waals surface area contributed by atoms with Gasteiger partial charge in [0, 0.05) is 6.54 Å². The molecule has 1 unspecified atom stereocenters. The van der Waals surface area contributed by atoms with Crippen molar-refractivity contribution in [2.45, 2.75) is 26.3 Å². The van der Waals surface area contributed by atoms with Crippen LogP contribution in [0, 0.1) is 22.7 Å². The van der Waals surface area contributed by atoms with Crippen LogP contribution in [0.3, 0.4) is 0 Å². The van der Waals surface area contributed by atoms with Crippen LogP contribution in [-0.2, 0) is 4.79 Å². The van der Waals surface area contributed by atoms with E-state index in [0.717, 1.165) is 6.42 Å². The van der Waals surface area contributed by atoms with Crippen molar-refractivity contribution >= 4 is 5.91 Å². The normalized spacial score (nSPS) is 11.3. The largest absolute Gasteiger partial charge is 0.354 e.